The van der Waals surface area contributed by atoms with Crippen LogP contribution >= 0.6 is 0 Å². The third kappa shape index (κ3) is 6.59. The van der Waals surface area contributed by atoms with Crippen LogP contribution in [0.5, 0.6) is 0 Å². The van der Waals surface area contributed by atoms with Gasteiger partial charge in [0.05, 0.1) is 6.61 Å². The van der Waals surface area contributed by atoms with Crippen molar-refractivity contribution in [3.8, 4) is 0 Å². The Morgan fingerprint density at radius 2 is 1.70 bits per heavy atom. The van der Waals surface area contributed by atoms with E-state index in [9.17, 15) is 22.8 Å². The molecular formula is C18H23F3N2O4. The van der Waals surface area contributed by atoms with Crippen molar-refractivity contribution in [1.29, 1.82) is 0 Å². The van der Waals surface area contributed by atoms with E-state index >= 15 is 0 Å². The highest BCUT2D eigenvalue weighted by molar-refractivity contribution is 5.87. The molecule has 0 aromatic heterocycles. The van der Waals surface area contributed by atoms with Crippen LogP contribution in [0.2, 0.25) is 0 Å². The standard InChI is InChI=1S/C18H23F3N2O4/c1-5-11-17(18(19,20)21,26-12-13-9-7-6-8-10-13)14(24)22-23-15(25)27-16(2,3)4/h5-10H,1,11-12H2,2-4H3,(H,22,24)(H,23,25)/t17-/m1/s1. The van der Waals surface area contributed by atoms with Gasteiger partial charge >= 0.3 is 12.3 Å². The molecule has 0 heterocycles. The first kappa shape index (κ1) is 22.5. The molecule has 9 heteroatoms. The van der Waals surface area contributed by atoms with Gasteiger partial charge in [0.1, 0.15) is 5.60 Å². The van der Waals surface area contributed by atoms with Crippen molar-refractivity contribution in [2.75, 3.05) is 0 Å². The van der Waals surface area contributed by atoms with Crippen molar-refractivity contribution >= 4 is 12.0 Å². The number of carbonyl (C=O) groups excluding carboxylic acids is 2. The van der Waals surface area contributed by atoms with E-state index in [2.05, 4.69) is 6.58 Å². The van der Waals surface area contributed by atoms with Crippen LogP contribution in [0.25, 0.3) is 0 Å². The minimum atomic E-state index is -5.06. The fourth-order valence-corrected chi connectivity index (χ4v) is 2.04. The van der Waals surface area contributed by atoms with Gasteiger partial charge in [0, 0.05) is 6.42 Å². The van der Waals surface area contributed by atoms with E-state index in [1.165, 1.54) is 0 Å². The molecule has 0 fully saturated rings. The predicted molar refractivity (Wildman–Crippen MR) is 92.3 cm³/mol. The number of benzene rings is 1. The first-order chi connectivity index (χ1) is 12.4. The number of ether oxygens (including phenoxy) is 2. The molecule has 0 saturated carbocycles. The van der Waals surface area contributed by atoms with Gasteiger partial charge in [-0.3, -0.25) is 10.2 Å². The summed E-state index contributed by atoms with van der Waals surface area (Å²) in [6.07, 6.45) is -6.08. The molecule has 0 aliphatic carbocycles. The second kappa shape index (κ2) is 8.90. The minimum absolute atomic E-state index is 0.447. The maximum atomic E-state index is 13.7. The van der Waals surface area contributed by atoms with E-state index in [1.54, 1.807) is 62.0 Å². The summed E-state index contributed by atoms with van der Waals surface area (Å²) in [7, 11) is 0. The van der Waals surface area contributed by atoms with Gasteiger partial charge in [0.2, 0.25) is 5.60 Å². The summed E-state index contributed by atoms with van der Waals surface area (Å²) in [5.74, 6) is -1.59. The number of hydrogen-bond donors (Lipinski definition) is 2. The van der Waals surface area contributed by atoms with Gasteiger partial charge in [-0.2, -0.15) is 13.2 Å². The first-order valence-corrected chi connectivity index (χ1v) is 8.06. The Labute approximate surface area is 155 Å². The van der Waals surface area contributed by atoms with Crippen LogP contribution in [0.15, 0.2) is 43.0 Å². The summed E-state index contributed by atoms with van der Waals surface area (Å²) in [6.45, 7) is 7.50. The lowest BCUT2D eigenvalue weighted by molar-refractivity contribution is -0.270. The van der Waals surface area contributed by atoms with Gasteiger partial charge in [-0.1, -0.05) is 36.4 Å². The van der Waals surface area contributed by atoms with Gasteiger partial charge in [-0.25, -0.2) is 10.2 Å². The van der Waals surface area contributed by atoms with Crippen molar-refractivity contribution in [3.63, 3.8) is 0 Å². The average Bonchev–Trinajstić information content (AvgIpc) is 2.54. The molecule has 0 saturated heterocycles. The summed E-state index contributed by atoms with van der Waals surface area (Å²) in [5, 5.41) is 0. The average molecular weight is 388 g/mol. The van der Waals surface area contributed by atoms with E-state index in [1.807, 2.05) is 0 Å². The Morgan fingerprint density at radius 1 is 1.11 bits per heavy atom. The molecular weight excluding hydrogens is 365 g/mol. The van der Waals surface area contributed by atoms with Crippen molar-refractivity contribution in [2.45, 2.75) is 51.2 Å². The Kier molecular flexibility index (Phi) is 7.41. The van der Waals surface area contributed by atoms with Gasteiger partial charge in [-0.05, 0) is 26.3 Å². The van der Waals surface area contributed by atoms with E-state index in [0.29, 0.717) is 5.56 Å². The lowest BCUT2D eigenvalue weighted by atomic mass is 9.97. The zero-order chi connectivity index (χ0) is 20.7. The molecule has 0 aliphatic rings. The maximum Gasteiger partial charge on any atom is 0.427 e. The number of nitrogens with one attached hydrogen (secondary N) is 2. The van der Waals surface area contributed by atoms with Gasteiger partial charge in [0.25, 0.3) is 5.91 Å². The number of hydrazine groups is 1. The zero-order valence-electron chi connectivity index (χ0n) is 15.4. The molecule has 0 unspecified atom stereocenters. The highest BCUT2D eigenvalue weighted by Crippen LogP contribution is 2.38. The van der Waals surface area contributed by atoms with Gasteiger partial charge in [-0.15, -0.1) is 6.58 Å². The van der Waals surface area contributed by atoms with Crippen LogP contribution < -0.4 is 10.9 Å². The lowest BCUT2D eigenvalue weighted by Gasteiger charge is -2.33. The molecule has 1 aromatic carbocycles. The molecule has 0 bridgehead atoms. The van der Waals surface area contributed by atoms with Crippen LogP contribution in [0.4, 0.5) is 18.0 Å². The number of carbonyl (C=O) groups is 2. The second-order valence-electron chi connectivity index (χ2n) is 6.67. The quantitative estimate of drug-likeness (QED) is 0.576. The molecule has 150 valence electrons. The number of rotatable bonds is 6. The van der Waals surface area contributed by atoms with Crippen LogP contribution in [0, 0.1) is 0 Å². The van der Waals surface area contributed by atoms with Crippen molar-refractivity contribution < 1.29 is 32.2 Å². The highest BCUT2D eigenvalue weighted by Gasteiger charge is 2.61. The molecule has 27 heavy (non-hydrogen) atoms. The summed E-state index contributed by atoms with van der Waals surface area (Å²) in [6, 6.07) is 8.08. The molecule has 2 amide bonds. The molecule has 0 aliphatic heterocycles. The molecule has 1 rings (SSSR count). The topological polar surface area (TPSA) is 76.7 Å². The van der Waals surface area contributed by atoms with Crippen molar-refractivity contribution in [2.24, 2.45) is 0 Å². The van der Waals surface area contributed by atoms with E-state index < -0.39 is 42.4 Å². The molecule has 6 nitrogen and oxygen atoms in total. The largest absolute Gasteiger partial charge is 0.443 e. The molecule has 0 spiro atoms. The number of alkyl halides is 3. The smallest absolute Gasteiger partial charge is 0.427 e. The van der Waals surface area contributed by atoms with E-state index in [4.69, 9.17) is 9.47 Å². The monoisotopic (exact) mass is 388 g/mol. The molecule has 1 aromatic rings. The van der Waals surface area contributed by atoms with Gasteiger partial charge in [0.15, 0.2) is 0 Å². The van der Waals surface area contributed by atoms with E-state index in [0.717, 1.165) is 6.08 Å². The fraction of sp³-hybridized carbons (Fsp3) is 0.444. The van der Waals surface area contributed by atoms with E-state index in [-0.39, 0.29) is 0 Å². The Hall–Kier alpha value is -2.55. The number of halogens is 3. The maximum absolute atomic E-state index is 13.7. The minimum Gasteiger partial charge on any atom is -0.443 e. The Bertz CT molecular complexity index is 657. The summed E-state index contributed by atoms with van der Waals surface area (Å²) in [5.41, 5.74) is -0.148. The number of hydrogen-bond acceptors (Lipinski definition) is 4. The van der Waals surface area contributed by atoms with Crippen LogP contribution in [0.1, 0.15) is 32.8 Å². The Balaban J connectivity index is 2.96. The predicted octanol–water partition coefficient (Wildman–Crippen LogP) is 3.64. The van der Waals surface area contributed by atoms with Crippen LogP contribution in [-0.2, 0) is 20.9 Å². The van der Waals surface area contributed by atoms with Crippen LogP contribution in [0.3, 0.4) is 0 Å². The Morgan fingerprint density at radius 3 is 2.19 bits per heavy atom. The summed E-state index contributed by atoms with van der Waals surface area (Å²) in [4.78, 5) is 23.9. The normalized spacial score (nSPS) is 14.0. The third-order valence-corrected chi connectivity index (χ3v) is 3.26. The van der Waals surface area contributed by atoms with Crippen molar-refractivity contribution in [1.82, 2.24) is 10.9 Å². The van der Waals surface area contributed by atoms with Gasteiger partial charge < -0.3 is 9.47 Å². The third-order valence-electron chi connectivity index (χ3n) is 3.26. The SMILES string of the molecule is C=CC[C@@](OCc1ccccc1)(C(=O)NNC(=O)OC(C)(C)C)C(F)(F)F. The van der Waals surface area contributed by atoms with Crippen LogP contribution in [-0.4, -0.2) is 29.4 Å². The molecule has 0 radical (unpaired) electrons. The summed E-state index contributed by atoms with van der Waals surface area (Å²) >= 11 is 0. The van der Waals surface area contributed by atoms with Crippen molar-refractivity contribution in [3.05, 3.63) is 48.6 Å². The second-order valence-corrected chi connectivity index (χ2v) is 6.67. The molecule has 2 N–H and O–H groups in total. The first-order valence-electron chi connectivity index (χ1n) is 8.06. The lowest BCUT2D eigenvalue weighted by Crippen LogP contribution is -2.61. The zero-order valence-corrected chi connectivity index (χ0v) is 15.4. The molecule has 1 atom stereocenters. The summed E-state index contributed by atoms with van der Waals surface area (Å²) < 4.78 is 51.1. The number of amides is 2. The fourth-order valence-electron chi connectivity index (χ4n) is 2.04. The highest BCUT2D eigenvalue weighted by atomic mass is 19.4.